The van der Waals surface area contributed by atoms with Gasteiger partial charge in [-0.2, -0.15) is 0 Å². The van der Waals surface area contributed by atoms with E-state index < -0.39 is 0 Å². The maximum absolute atomic E-state index is 12.9. The Hall–Kier alpha value is -2.96. The highest BCUT2D eigenvalue weighted by atomic mass is 19.1. The molecule has 25 heavy (non-hydrogen) atoms. The molecule has 7 heteroatoms. The number of aromatic nitrogens is 1. The number of rotatable bonds is 5. The average molecular weight is 343 g/mol. The molecule has 0 spiro atoms. The quantitative estimate of drug-likeness (QED) is 0.897. The van der Waals surface area contributed by atoms with Crippen LogP contribution < -0.4 is 10.1 Å². The predicted octanol–water partition coefficient (Wildman–Crippen LogP) is 1.69. The van der Waals surface area contributed by atoms with Crippen molar-refractivity contribution in [2.24, 2.45) is 0 Å². The predicted molar refractivity (Wildman–Crippen MR) is 88.2 cm³/mol. The van der Waals surface area contributed by atoms with Crippen LogP contribution in [0.4, 0.5) is 4.39 Å². The molecule has 0 aliphatic carbocycles. The summed E-state index contributed by atoms with van der Waals surface area (Å²) in [6, 6.07) is 8.47. The van der Waals surface area contributed by atoms with Crippen LogP contribution in [0.3, 0.4) is 0 Å². The highest BCUT2D eigenvalue weighted by molar-refractivity contribution is 5.83. The molecule has 2 heterocycles. The van der Waals surface area contributed by atoms with E-state index in [9.17, 15) is 14.0 Å². The van der Waals surface area contributed by atoms with Gasteiger partial charge in [-0.15, -0.1) is 0 Å². The number of pyridine rings is 1. The van der Waals surface area contributed by atoms with Crippen LogP contribution >= 0.6 is 0 Å². The Morgan fingerprint density at radius 3 is 2.80 bits per heavy atom. The molecule has 0 radical (unpaired) electrons. The molecule has 2 amide bonds. The lowest BCUT2D eigenvalue weighted by Crippen LogP contribution is -2.41. The van der Waals surface area contributed by atoms with Crippen LogP contribution in [-0.4, -0.2) is 41.4 Å². The van der Waals surface area contributed by atoms with E-state index in [0.29, 0.717) is 5.75 Å². The van der Waals surface area contributed by atoms with Crippen LogP contribution in [-0.2, 0) is 9.59 Å². The summed E-state index contributed by atoms with van der Waals surface area (Å²) in [5.41, 5.74) is 0.862. The van der Waals surface area contributed by atoms with E-state index in [1.165, 1.54) is 24.3 Å². The first kappa shape index (κ1) is 16.9. The van der Waals surface area contributed by atoms with Crippen LogP contribution in [0, 0.1) is 5.82 Å². The van der Waals surface area contributed by atoms with Crippen molar-refractivity contribution in [2.75, 3.05) is 13.7 Å². The SMILES string of the molecule is CN1C(=O)C[C@@H](NC(=O)COc2ccc(F)cc2)[C@@H]1c1cccnc1. The molecular weight excluding hydrogens is 325 g/mol. The Morgan fingerprint density at radius 2 is 2.12 bits per heavy atom. The standard InChI is InChI=1S/C18H18FN3O3/c1-22-17(24)9-15(18(22)12-3-2-8-20-10-12)21-16(23)11-25-14-6-4-13(19)5-7-14/h2-8,10,15,18H,9,11H2,1H3,(H,21,23)/t15-,18+/m1/s1. The fourth-order valence-electron chi connectivity index (χ4n) is 2.93. The minimum Gasteiger partial charge on any atom is -0.484 e. The highest BCUT2D eigenvalue weighted by Crippen LogP contribution is 2.31. The molecule has 0 bridgehead atoms. The summed E-state index contributed by atoms with van der Waals surface area (Å²) in [5.74, 6) is -0.353. The van der Waals surface area contributed by atoms with Crippen molar-refractivity contribution in [1.82, 2.24) is 15.2 Å². The molecule has 1 N–H and O–H groups in total. The van der Waals surface area contributed by atoms with E-state index in [1.54, 1.807) is 30.4 Å². The lowest BCUT2D eigenvalue weighted by atomic mass is 10.0. The zero-order valence-electron chi connectivity index (χ0n) is 13.7. The van der Waals surface area contributed by atoms with Gasteiger partial charge in [0, 0.05) is 25.9 Å². The van der Waals surface area contributed by atoms with Crippen LogP contribution in [0.5, 0.6) is 5.75 Å². The molecule has 1 aromatic carbocycles. The normalized spacial score (nSPS) is 19.8. The summed E-state index contributed by atoms with van der Waals surface area (Å²) < 4.78 is 18.2. The summed E-state index contributed by atoms with van der Waals surface area (Å²) in [6.45, 7) is -0.209. The minimum atomic E-state index is -0.372. The Balaban J connectivity index is 1.63. The molecule has 2 atom stereocenters. The Labute approximate surface area is 144 Å². The van der Waals surface area contributed by atoms with Crippen LogP contribution in [0.1, 0.15) is 18.0 Å². The number of likely N-dealkylation sites (tertiary alicyclic amines) is 1. The summed E-state index contributed by atoms with van der Waals surface area (Å²) in [5, 5.41) is 2.84. The molecule has 0 unspecified atom stereocenters. The maximum atomic E-state index is 12.9. The number of benzene rings is 1. The van der Waals surface area contributed by atoms with Crippen molar-refractivity contribution >= 4 is 11.8 Å². The van der Waals surface area contributed by atoms with E-state index in [2.05, 4.69) is 10.3 Å². The first-order valence-corrected chi connectivity index (χ1v) is 7.88. The van der Waals surface area contributed by atoms with Gasteiger partial charge in [-0.25, -0.2) is 4.39 Å². The number of hydrogen-bond acceptors (Lipinski definition) is 4. The summed E-state index contributed by atoms with van der Waals surface area (Å²) >= 11 is 0. The van der Waals surface area contributed by atoms with E-state index in [1.807, 2.05) is 6.07 Å². The third kappa shape index (κ3) is 3.93. The van der Waals surface area contributed by atoms with Gasteiger partial charge >= 0.3 is 0 Å². The molecule has 130 valence electrons. The number of ether oxygens (including phenoxy) is 1. The number of halogens is 1. The van der Waals surface area contributed by atoms with E-state index >= 15 is 0 Å². The van der Waals surface area contributed by atoms with Crippen molar-refractivity contribution in [1.29, 1.82) is 0 Å². The number of hydrogen-bond donors (Lipinski definition) is 1. The highest BCUT2D eigenvalue weighted by Gasteiger charge is 2.39. The third-order valence-corrected chi connectivity index (χ3v) is 4.14. The molecule has 1 fully saturated rings. The van der Waals surface area contributed by atoms with Gasteiger partial charge in [-0.1, -0.05) is 6.07 Å². The van der Waals surface area contributed by atoms with Gasteiger partial charge in [0.1, 0.15) is 11.6 Å². The van der Waals surface area contributed by atoms with Gasteiger partial charge in [0.05, 0.1) is 12.1 Å². The molecule has 1 aliphatic rings. The average Bonchev–Trinajstić information content (AvgIpc) is 2.89. The van der Waals surface area contributed by atoms with Gasteiger partial charge in [-0.05, 0) is 35.9 Å². The molecule has 1 saturated heterocycles. The summed E-state index contributed by atoms with van der Waals surface area (Å²) in [7, 11) is 1.71. The first-order chi connectivity index (χ1) is 12.0. The van der Waals surface area contributed by atoms with Crippen molar-refractivity contribution in [3.05, 3.63) is 60.2 Å². The van der Waals surface area contributed by atoms with Crippen molar-refractivity contribution < 1.29 is 18.7 Å². The molecule has 1 aromatic heterocycles. The van der Waals surface area contributed by atoms with Gasteiger partial charge in [0.15, 0.2) is 6.61 Å². The van der Waals surface area contributed by atoms with E-state index in [0.717, 1.165) is 5.56 Å². The fraction of sp³-hybridized carbons (Fsp3) is 0.278. The number of carbonyl (C=O) groups excluding carboxylic acids is 2. The zero-order valence-corrected chi connectivity index (χ0v) is 13.7. The van der Waals surface area contributed by atoms with Gasteiger partial charge in [0.25, 0.3) is 5.91 Å². The number of nitrogens with one attached hydrogen (secondary N) is 1. The second kappa shape index (κ2) is 7.29. The fourth-order valence-corrected chi connectivity index (χ4v) is 2.93. The van der Waals surface area contributed by atoms with Gasteiger partial charge < -0.3 is 15.0 Å². The first-order valence-electron chi connectivity index (χ1n) is 7.88. The second-order valence-corrected chi connectivity index (χ2v) is 5.86. The molecule has 3 rings (SSSR count). The van der Waals surface area contributed by atoms with E-state index in [4.69, 9.17) is 4.74 Å². The Bertz CT molecular complexity index is 752. The summed E-state index contributed by atoms with van der Waals surface area (Å²) in [6.07, 6.45) is 3.57. The van der Waals surface area contributed by atoms with Crippen LogP contribution in [0.2, 0.25) is 0 Å². The largest absolute Gasteiger partial charge is 0.484 e. The van der Waals surface area contributed by atoms with Crippen molar-refractivity contribution in [3.8, 4) is 5.75 Å². The molecule has 2 aromatic rings. The third-order valence-electron chi connectivity index (χ3n) is 4.14. The lowest BCUT2D eigenvalue weighted by Gasteiger charge is -2.25. The zero-order chi connectivity index (χ0) is 17.8. The molecule has 6 nitrogen and oxygen atoms in total. The number of amides is 2. The van der Waals surface area contributed by atoms with Crippen LogP contribution in [0.15, 0.2) is 48.8 Å². The second-order valence-electron chi connectivity index (χ2n) is 5.86. The van der Waals surface area contributed by atoms with Gasteiger partial charge in [-0.3, -0.25) is 14.6 Å². The Morgan fingerprint density at radius 1 is 1.36 bits per heavy atom. The molecule has 0 saturated carbocycles. The number of likely N-dealkylation sites (N-methyl/N-ethyl adjacent to an activating group) is 1. The number of carbonyl (C=O) groups is 2. The summed E-state index contributed by atoms with van der Waals surface area (Å²) in [4.78, 5) is 29.9. The van der Waals surface area contributed by atoms with Crippen molar-refractivity contribution in [2.45, 2.75) is 18.5 Å². The van der Waals surface area contributed by atoms with Crippen molar-refractivity contribution in [3.63, 3.8) is 0 Å². The topological polar surface area (TPSA) is 71.5 Å². The molecular formula is C18H18FN3O3. The minimum absolute atomic E-state index is 0.0430. The van der Waals surface area contributed by atoms with E-state index in [-0.39, 0.29) is 42.7 Å². The Kier molecular flexibility index (Phi) is 4.92. The molecule has 1 aliphatic heterocycles. The smallest absolute Gasteiger partial charge is 0.258 e. The number of nitrogens with zero attached hydrogens (tertiary/aromatic N) is 2. The maximum Gasteiger partial charge on any atom is 0.258 e. The van der Waals surface area contributed by atoms with Crippen LogP contribution in [0.25, 0.3) is 0 Å². The monoisotopic (exact) mass is 343 g/mol. The van der Waals surface area contributed by atoms with Gasteiger partial charge in [0.2, 0.25) is 5.91 Å². The lowest BCUT2D eigenvalue weighted by molar-refractivity contribution is -0.127.